The van der Waals surface area contributed by atoms with E-state index in [2.05, 4.69) is 20.1 Å². The fourth-order valence-corrected chi connectivity index (χ4v) is 4.86. The maximum Gasteiger partial charge on any atom is 0.427 e. The molecule has 180 valence electrons. The highest BCUT2D eigenvalue weighted by atomic mass is 32.2. The summed E-state index contributed by atoms with van der Waals surface area (Å²) in [6, 6.07) is 12.9. The zero-order valence-corrected chi connectivity index (χ0v) is 18.9. The summed E-state index contributed by atoms with van der Waals surface area (Å²) in [7, 11) is 0. The van der Waals surface area contributed by atoms with E-state index in [1.165, 1.54) is 0 Å². The normalized spacial score (nSPS) is 22.0. The Labute approximate surface area is 198 Å². The summed E-state index contributed by atoms with van der Waals surface area (Å²) in [5.74, 6) is -0.110. The smallest absolute Gasteiger partial charge is 0.427 e. The molecule has 3 heterocycles. The van der Waals surface area contributed by atoms with Crippen LogP contribution >= 0.6 is 12.1 Å². The predicted octanol–water partition coefficient (Wildman–Crippen LogP) is 3.08. The molecule has 2 aromatic carbocycles. The lowest BCUT2D eigenvalue weighted by Gasteiger charge is -2.34. The van der Waals surface area contributed by atoms with Gasteiger partial charge in [-0.3, -0.25) is 9.52 Å². The quantitative estimate of drug-likeness (QED) is 0.362. The van der Waals surface area contributed by atoms with Crippen molar-refractivity contribution in [1.82, 2.24) is 24.6 Å². The van der Waals surface area contributed by atoms with Crippen LogP contribution < -0.4 is 24.8 Å². The molecule has 1 amide bonds. The number of carbonyl (C=O) groups is 1. The first-order valence-electron chi connectivity index (χ1n) is 11.0. The molecule has 2 unspecified atom stereocenters. The Morgan fingerprint density at radius 3 is 2.71 bits per heavy atom. The first-order valence-corrected chi connectivity index (χ1v) is 11.8. The van der Waals surface area contributed by atoms with Crippen molar-refractivity contribution in [2.75, 3.05) is 26.2 Å². The standard InChI is InChI=1S/C23H24F3N5O2S/c24-23(25,26)21-17-13-31-18-12-15(22(32)30-34-29-10-8-27-7-9-28-17)6-5-14(18)11-19(31)16-3-1-2-4-20(16)33-21/h1-6,11-12,17,21,27-29H,7-10,13H2,(H,30,32). The highest BCUT2D eigenvalue weighted by molar-refractivity contribution is 7.96. The summed E-state index contributed by atoms with van der Waals surface area (Å²) < 4.78 is 55.9. The second-order valence-corrected chi connectivity index (χ2v) is 8.93. The summed E-state index contributed by atoms with van der Waals surface area (Å²) in [5, 5.41) is 7.08. The Balaban J connectivity index is 1.67. The lowest BCUT2D eigenvalue weighted by molar-refractivity contribution is -0.204. The van der Waals surface area contributed by atoms with Crippen molar-refractivity contribution >= 4 is 28.9 Å². The van der Waals surface area contributed by atoms with Crippen LogP contribution in [-0.4, -0.2) is 55.0 Å². The molecular weight excluding hydrogens is 467 g/mol. The van der Waals surface area contributed by atoms with Crippen LogP contribution in [0.25, 0.3) is 22.2 Å². The van der Waals surface area contributed by atoms with Gasteiger partial charge in [-0.05, 0) is 30.3 Å². The first kappa shape index (κ1) is 23.0. The van der Waals surface area contributed by atoms with Crippen molar-refractivity contribution in [1.29, 1.82) is 0 Å². The molecule has 0 aliphatic carbocycles. The molecule has 1 aromatic heterocycles. The monoisotopic (exact) mass is 491 g/mol. The summed E-state index contributed by atoms with van der Waals surface area (Å²) in [5.41, 5.74) is 2.44. The molecule has 2 aliphatic rings. The summed E-state index contributed by atoms with van der Waals surface area (Å²) in [6.07, 6.45) is -6.62. The number of rotatable bonds is 0. The van der Waals surface area contributed by atoms with Crippen molar-refractivity contribution in [3.05, 3.63) is 54.1 Å². The van der Waals surface area contributed by atoms with Crippen molar-refractivity contribution in [3.8, 4) is 17.0 Å². The zero-order valence-electron chi connectivity index (χ0n) is 18.1. The van der Waals surface area contributed by atoms with Crippen molar-refractivity contribution < 1.29 is 22.7 Å². The maximum atomic E-state index is 14.2. The molecule has 7 nitrogen and oxygen atoms in total. The number of halogens is 3. The Bertz CT molecular complexity index is 1200. The second-order valence-electron chi connectivity index (χ2n) is 8.23. The molecule has 0 saturated heterocycles. The highest BCUT2D eigenvalue weighted by Gasteiger charge is 2.48. The number of nitrogens with zero attached hydrogens (tertiary/aromatic N) is 1. The number of para-hydroxylation sites is 1. The molecule has 0 radical (unpaired) electrons. The van der Waals surface area contributed by atoms with Crippen LogP contribution in [0.3, 0.4) is 0 Å². The van der Waals surface area contributed by atoms with Gasteiger partial charge in [0.05, 0.1) is 11.7 Å². The molecule has 34 heavy (non-hydrogen) atoms. The third-order valence-electron chi connectivity index (χ3n) is 5.98. The Morgan fingerprint density at radius 2 is 1.85 bits per heavy atom. The molecular formula is C23H24F3N5O2S. The van der Waals surface area contributed by atoms with E-state index in [0.29, 0.717) is 42.8 Å². The predicted molar refractivity (Wildman–Crippen MR) is 126 cm³/mol. The van der Waals surface area contributed by atoms with Gasteiger partial charge in [-0.1, -0.05) is 18.2 Å². The van der Waals surface area contributed by atoms with E-state index in [4.69, 9.17) is 4.74 Å². The number of fused-ring (bicyclic) bond motifs is 4. The van der Waals surface area contributed by atoms with Gasteiger partial charge in [0, 0.05) is 66.9 Å². The average molecular weight is 492 g/mol. The van der Waals surface area contributed by atoms with E-state index >= 15 is 0 Å². The molecule has 11 heteroatoms. The van der Waals surface area contributed by atoms with Gasteiger partial charge in [0.15, 0.2) is 0 Å². The summed E-state index contributed by atoms with van der Waals surface area (Å²) >= 11 is 1.11. The van der Waals surface area contributed by atoms with Crippen LogP contribution in [0, 0.1) is 0 Å². The van der Waals surface area contributed by atoms with Gasteiger partial charge in [-0.25, -0.2) is 4.72 Å². The molecule has 4 N–H and O–H groups in total. The Kier molecular flexibility index (Phi) is 6.43. The van der Waals surface area contributed by atoms with Gasteiger partial charge < -0.3 is 19.9 Å². The van der Waals surface area contributed by atoms with Crippen molar-refractivity contribution in [2.45, 2.75) is 24.9 Å². The zero-order chi connectivity index (χ0) is 23.7. The van der Waals surface area contributed by atoms with Crippen LogP contribution in [0.5, 0.6) is 5.75 Å². The Hall–Kier alpha value is -2.73. The minimum atomic E-state index is -4.58. The molecule has 0 fully saturated rings. The molecule has 0 spiro atoms. The van der Waals surface area contributed by atoms with Gasteiger partial charge in [0.1, 0.15) is 5.75 Å². The molecule has 2 aliphatic heterocycles. The molecule has 2 atom stereocenters. The van der Waals surface area contributed by atoms with Crippen LogP contribution in [0.1, 0.15) is 10.4 Å². The second kappa shape index (κ2) is 9.49. The number of amides is 1. The summed E-state index contributed by atoms with van der Waals surface area (Å²) in [6.45, 7) is 2.02. The SMILES string of the molecule is O=C1NSNCCNCCNC2Cn3c(cc4ccc1cc43)-c1ccccc1OC2C(F)(F)F. The van der Waals surface area contributed by atoms with Gasteiger partial charge in [0.2, 0.25) is 6.10 Å². The van der Waals surface area contributed by atoms with Crippen molar-refractivity contribution in [2.24, 2.45) is 0 Å². The number of alkyl halides is 3. The third-order valence-corrected chi connectivity index (χ3v) is 6.61. The van der Waals surface area contributed by atoms with E-state index in [0.717, 1.165) is 23.2 Å². The van der Waals surface area contributed by atoms with Crippen LogP contribution in [0.15, 0.2) is 48.5 Å². The van der Waals surface area contributed by atoms with Crippen molar-refractivity contribution in [3.63, 3.8) is 0 Å². The van der Waals surface area contributed by atoms with Gasteiger partial charge in [0.25, 0.3) is 5.91 Å². The maximum absolute atomic E-state index is 14.2. The fraction of sp³-hybridized carbons (Fsp3) is 0.348. The number of benzene rings is 2. The number of hydrogen-bond acceptors (Lipinski definition) is 6. The van der Waals surface area contributed by atoms with Gasteiger partial charge >= 0.3 is 6.18 Å². The van der Waals surface area contributed by atoms with E-state index in [1.54, 1.807) is 36.4 Å². The number of aromatic nitrogens is 1. The summed E-state index contributed by atoms with van der Waals surface area (Å²) in [4.78, 5) is 12.7. The topological polar surface area (TPSA) is 79.4 Å². The number of hydrogen-bond donors (Lipinski definition) is 4. The molecule has 4 bridgehead atoms. The third kappa shape index (κ3) is 4.61. The first-order chi connectivity index (χ1) is 16.4. The Morgan fingerprint density at radius 1 is 1.03 bits per heavy atom. The number of nitrogens with one attached hydrogen (secondary N) is 4. The van der Waals surface area contributed by atoms with Gasteiger partial charge in [-0.2, -0.15) is 13.2 Å². The van der Waals surface area contributed by atoms with Crippen LogP contribution in [-0.2, 0) is 6.54 Å². The highest BCUT2D eigenvalue weighted by Crippen LogP contribution is 2.40. The molecule has 3 aromatic rings. The number of carbonyl (C=O) groups excluding carboxylic acids is 1. The van der Waals surface area contributed by atoms with Crippen LogP contribution in [0.4, 0.5) is 13.2 Å². The van der Waals surface area contributed by atoms with E-state index < -0.39 is 18.3 Å². The van der Waals surface area contributed by atoms with E-state index in [9.17, 15) is 18.0 Å². The number of ether oxygens (including phenoxy) is 1. The lowest BCUT2D eigenvalue weighted by atomic mass is 10.1. The van der Waals surface area contributed by atoms with E-state index in [1.807, 2.05) is 16.7 Å². The fourth-order valence-electron chi connectivity index (χ4n) is 4.38. The molecule has 5 rings (SSSR count). The van der Waals surface area contributed by atoms with Gasteiger partial charge in [-0.15, -0.1) is 0 Å². The van der Waals surface area contributed by atoms with Crippen LogP contribution in [0.2, 0.25) is 0 Å². The molecule has 0 saturated carbocycles. The minimum absolute atomic E-state index is 0.0265. The minimum Gasteiger partial charge on any atom is -0.478 e. The van der Waals surface area contributed by atoms with E-state index in [-0.39, 0.29) is 18.2 Å². The lowest BCUT2D eigenvalue weighted by Crippen LogP contribution is -2.55. The largest absolute Gasteiger partial charge is 0.478 e. The average Bonchev–Trinajstić information content (AvgIpc) is 3.15.